The van der Waals surface area contributed by atoms with Crippen LogP contribution in [0.5, 0.6) is 0 Å². The summed E-state index contributed by atoms with van der Waals surface area (Å²) in [7, 11) is -6.09. The summed E-state index contributed by atoms with van der Waals surface area (Å²) in [5.74, 6) is 0. The van der Waals surface area contributed by atoms with Crippen LogP contribution in [-0.2, 0) is 16.7 Å². The van der Waals surface area contributed by atoms with Crippen LogP contribution in [-0.4, -0.2) is 18.5 Å². The van der Waals surface area contributed by atoms with Crippen LogP contribution >= 0.6 is 0 Å². The Balaban J connectivity index is 0.000000515. The van der Waals surface area contributed by atoms with Crippen molar-refractivity contribution in [3.05, 3.63) is 30.1 Å². The highest BCUT2D eigenvalue weighted by atomic mass is 32.2. The molecule has 0 atom stereocenters. The Kier molecular flexibility index (Phi) is 10.1. The normalized spacial score (nSPS) is 11.7. The molecule has 23 heavy (non-hydrogen) atoms. The van der Waals surface area contributed by atoms with Gasteiger partial charge in [-0.1, -0.05) is 32.6 Å². The molecule has 0 aromatic carbocycles. The summed E-state index contributed by atoms with van der Waals surface area (Å²) in [4.78, 5) is 0. The quantitative estimate of drug-likeness (QED) is 0.324. The van der Waals surface area contributed by atoms with Crippen molar-refractivity contribution >= 4 is 10.1 Å². The highest BCUT2D eigenvalue weighted by Gasteiger charge is 2.36. The van der Waals surface area contributed by atoms with Gasteiger partial charge < -0.3 is 4.55 Å². The van der Waals surface area contributed by atoms with Crippen LogP contribution in [0, 0.1) is 6.92 Å². The molecule has 1 aromatic heterocycles. The first kappa shape index (κ1) is 21.9. The van der Waals surface area contributed by atoms with E-state index in [4.69, 9.17) is 13.0 Å². The second-order valence-corrected chi connectivity index (χ2v) is 6.65. The zero-order chi connectivity index (χ0) is 17.9. The summed E-state index contributed by atoms with van der Waals surface area (Å²) >= 11 is 0. The van der Waals surface area contributed by atoms with Crippen molar-refractivity contribution in [2.75, 3.05) is 0 Å². The van der Waals surface area contributed by atoms with Crippen LogP contribution in [0.2, 0.25) is 0 Å². The SMILES string of the molecule is CCCCCCCC[n+]1ccc(C)cc1.O=S(=O)([O-])C(F)(F)F. The molecule has 0 unspecified atom stereocenters. The largest absolute Gasteiger partial charge is 0.741 e. The van der Waals surface area contributed by atoms with Crippen LogP contribution in [0.15, 0.2) is 24.5 Å². The van der Waals surface area contributed by atoms with E-state index in [1.165, 1.54) is 50.6 Å². The standard InChI is InChI=1S/C14H24N.CHF3O3S/c1-3-4-5-6-7-8-11-15-12-9-14(2)10-13-15;2-1(3,4)8(5,6)7/h9-10,12-13H,3-8,11H2,1-2H3;(H,5,6,7)/q+1;/p-1. The predicted octanol–water partition coefficient (Wildman–Crippen LogP) is 3.69. The first-order chi connectivity index (χ1) is 10.6. The number of halogens is 3. The van der Waals surface area contributed by atoms with Crippen LogP contribution < -0.4 is 4.57 Å². The number of aryl methyl sites for hydroxylation is 2. The predicted molar refractivity (Wildman–Crippen MR) is 80.5 cm³/mol. The van der Waals surface area contributed by atoms with E-state index >= 15 is 0 Å². The van der Waals surface area contributed by atoms with E-state index in [-0.39, 0.29) is 0 Å². The first-order valence-electron chi connectivity index (χ1n) is 7.55. The van der Waals surface area contributed by atoms with Gasteiger partial charge in [0.25, 0.3) is 0 Å². The lowest BCUT2D eigenvalue weighted by atomic mass is 10.1. The topological polar surface area (TPSA) is 61.1 Å². The van der Waals surface area contributed by atoms with Crippen molar-refractivity contribution in [3.63, 3.8) is 0 Å². The highest BCUT2D eigenvalue weighted by molar-refractivity contribution is 7.86. The first-order valence-corrected chi connectivity index (χ1v) is 8.96. The van der Waals surface area contributed by atoms with Gasteiger partial charge in [0.05, 0.1) is 0 Å². The monoisotopic (exact) mass is 355 g/mol. The van der Waals surface area contributed by atoms with Gasteiger partial charge in [-0.2, -0.15) is 13.2 Å². The lowest BCUT2D eigenvalue weighted by Crippen LogP contribution is -2.32. The molecule has 0 fully saturated rings. The maximum atomic E-state index is 10.7. The van der Waals surface area contributed by atoms with Gasteiger partial charge in [0.15, 0.2) is 22.5 Å². The fraction of sp³-hybridized carbons (Fsp3) is 0.667. The molecule has 8 heteroatoms. The molecule has 0 radical (unpaired) electrons. The molecule has 4 nitrogen and oxygen atoms in total. The van der Waals surface area contributed by atoms with Crippen molar-refractivity contribution in [2.45, 2.75) is 64.4 Å². The third-order valence-corrected chi connectivity index (χ3v) is 3.68. The Morgan fingerprint density at radius 1 is 1.04 bits per heavy atom. The zero-order valence-corrected chi connectivity index (χ0v) is 14.3. The van der Waals surface area contributed by atoms with Crippen LogP contribution in [0.3, 0.4) is 0 Å². The Labute approximate surface area is 136 Å². The number of nitrogens with zero attached hydrogens (tertiary/aromatic N) is 1. The van der Waals surface area contributed by atoms with Crippen molar-refractivity contribution in [2.24, 2.45) is 0 Å². The molecule has 0 aliphatic rings. The second kappa shape index (κ2) is 10.6. The lowest BCUT2D eigenvalue weighted by molar-refractivity contribution is -0.697. The van der Waals surface area contributed by atoms with Gasteiger partial charge in [0.1, 0.15) is 6.54 Å². The summed E-state index contributed by atoms with van der Waals surface area (Å²) in [5, 5.41) is 0. The summed E-state index contributed by atoms with van der Waals surface area (Å²) < 4.78 is 61.2. The average Bonchev–Trinajstić information content (AvgIpc) is 2.43. The number of pyridine rings is 1. The molecule has 0 bridgehead atoms. The molecule has 1 heterocycles. The minimum atomic E-state index is -6.09. The van der Waals surface area contributed by atoms with Crippen molar-refractivity contribution in [1.29, 1.82) is 0 Å². The van der Waals surface area contributed by atoms with E-state index in [0.717, 1.165) is 0 Å². The fourth-order valence-corrected chi connectivity index (χ4v) is 1.76. The van der Waals surface area contributed by atoms with E-state index < -0.39 is 15.6 Å². The number of hydrogen-bond donors (Lipinski definition) is 0. The molecule has 1 rings (SSSR count). The van der Waals surface area contributed by atoms with Gasteiger partial charge in [-0.3, -0.25) is 0 Å². The van der Waals surface area contributed by atoms with Gasteiger partial charge in [-0.05, 0) is 18.9 Å². The van der Waals surface area contributed by atoms with E-state index in [1.807, 2.05) is 0 Å². The molecule has 0 spiro atoms. The summed E-state index contributed by atoms with van der Waals surface area (Å²) in [6.07, 6.45) is 12.6. The minimum Gasteiger partial charge on any atom is -0.741 e. The Hall–Kier alpha value is -1.15. The second-order valence-electron chi connectivity index (χ2n) is 5.28. The molecule has 0 aliphatic carbocycles. The van der Waals surface area contributed by atoms with E-state index in [9.17, 15) is 13.2 Å². The van der Waals surface area contributed by atoms with Gasteiger partial charge >= 0.3 is 5.51 Å². The highest BCUT2D eigenvalue weighted by Crippen LogP contribution is 2.20. The van der Waals surface area contributed by atoms with Crippen LogP contribution in [0.1, 0.15) is 51.0 Å². The van der Waals surface area contributed by atoms with E-state index in [2.05, 4.69) is 42.9 Å². The van der Waals surface area contributed by atoms with E-state index in [1.54, 1.807) is 0 Å². The maximum Gasteiger partial charge on any atom is 0.485 e. The molecule has 134 valence electrons. The van der Waals surface area contributed by atoms with E-state index in [0.29, 0.717) is 0 Å². The van der Waals surface area contributed by atoms with Gasteiger partial charge in [-0.25, -0.2) is 13.0 Å². The van der Waals surface area contributed by atoms with Crippen LogP contribution in [0.4, 0.5) is 13.2 Å². The molecular formula is C15H24F3NO3S. The van der Waals surface area contributed by atoms with Crippen LogP contribution in [0.25, 0.3) is 0 Å². The molecule has 1 aromatic rings. The zero-order valence-electron chi connectivity index (χ0n) is 13.5. The van der Waals surface area contributed by atoms with Gasteiger partial charge in [0.2, 0.25) is 0 Å². The Morgan fingerprint density at radius 3 is 1.91 bits per heavy atom. The number of rotatable bonds is 7. The van der Waals surface area contributed by atoms with Gasteiger partial charge in [-0.15, -0.1) is 0 Å². The molecule has 0 aliphatic heterocycles. The molecule has 0 amide bonds. The lowest BCUT2D eigenvalue weighted by Gasteiger charge is -2.08. The Bertz CT molecular complexity index is 528. The third kappa shape index (κ3) is 11.1. The average molecular weight is 355 g/mol. The number of unbranched alkanes of at least 4 members (excludes halogenated alkanes) is 5. The minimum absolute atomic E-state index is 1.17. The van der Waals surface area contributed by atoms with Crippen molar-refractivity contribution in [1.82, 2.24) is 0 Å². The fourth-order valence-electron chi connectivity index (χ4n) is 1.76. The molecule has 0 saturated heterocycles. The maximum absolute atomic E-state index is 10.7. The van der Waals surface area contributed by atoms with Crippen molar-refractivity contribution in [3.8, 4) is 0 Å². The number of aromatic nitrogens is 1. The summed E-state index contributed by atoms with van der Waals surface area (Å²) in [5.41, 5.74) is -4.30. The number of hydrogen-bond acceptors (Lipinski definition) is 3. The molecular weight excluding hydrogens is 331 g/mol. The summed E-state index contributed by atoms with van der Waals surface area (Å²) in [6.45, 7) is 5.57. The number of alkyl halides is 3. The summed E-state index contributed by atoms with van der Waals surface area (Å²) in [6, 6.07) is 4.36. The molecule has 0 N–H and O–H groups in total. The molecule has 0 saturated carbocycles. The third-order valence-electron chi connectivity index (χ3n) is 3.11. The Morgan fingerprint density at radius 2 is 1.48 bits per heavy atom. The smallest absolute Gasteiger partial charge is 0.485 e. The van der Waals surface area contributed by atoms with Gasteiger partial charge in [0, 0.05) is 18.6 Å². The van der Waals surface area contributed by atoms with Crippen molar-refractivity contribution < 1.29 is 30.7 Å².